The second-order valence-corrected chi connectivity index (χ2v) is 6.30. The number of carbonyl (C=O) groups excluding carboxylic acids is 3. The molecule has 140 valence electrons. The van der Waals surface area contributed by atoms with Gasteiger partial charge in [-0.3, -0.25) is 14.5 Å². The molecule has 1 aliphatic heterocycles. The number of nitrogens with zero attached hydrogens (tertiary/aromatic N) is 1. The van der Waals surface area contributed by atoms with Crippen LogP contribution >= 0.6 is 0 Å². The van der Waals surface area contributed by atoms with Crippen LogP contribution in [-0.2, 0) is 15.1 Å². The lowest BCUT2D eigenvalue weighted by molar-refractivity contribution is -0.131. The van der Waals surface area contributed by atoms with Crippen LogP contribution in [0.2, 0.25) is 0 Å². The summed E-state index contributed by atoms with van der Waals surface area (Å²) in [5.41, 5.74) is -1.41. The number of hydrogen-bond acceptors (Lipinski definition) is 3. The predicted octanol–water partition coefficient (Wildman–Crippen LogP) is 2.76. The van der Waals surface area contributed by atoms with Crippen LogP contribution in [0.3, 0.4) is 0 Å². The monoisotopic (exact) mass is 373 g/mol. The molecule has 0 spiro atoms. The third-order valence-electron chi connectivity index (χ3n) is 4.36. The average molecular weight is 373 g/mol. The number of carbonyl (C=O) groups is 3. The van der Waals surface area contributed by atoms with Gasteiger partial charge in [0.2, 0.25) is 5.91 Å². The van der Waals surface area contributed by atoms with Crippen molar-refractivity contribution in [2.45, 2.75) is 18.9 Å². The van der Waals surface area contributed by atoms with Gasteiger partial charge >= 0.3 is 6.03 Å². The smallest absolute Gasteiger partial charge is 0.325 e. The summed E-state index contributed by atoms with van der Waals surface area (Å²) in [5.74, 6) is -2.66. The zero-order chi connectivity index (χ0) is 19.6. The molecule has 2 aromatic rings. The number of urea groups is 1. The molecular weight excluding hydrogens is 356 g/mol. The molecule has 8 heteroatoms. The van der Waals surface area contributed by atoms with E-state index in [4.69, 9.17) is 0 Å². The first-order chi connectivity index (χ1) is 12.8. The van der Waals surface area contributed by atoms with Crippen molar-refractivity contribution in [2.24, 2.45) is 0 Å². The van der Waals surface area contributed by atoms with E-state index in [2.05, 4.69) is 10.6 Å². The Hall–Kier alpha value is -3.29. The van der Waals surface area contributed by atoms with Gasteiger partial charge in [-0.15, -0.1) is 0 Å². The van der Waals surface area contributed by atoms with Crippen molar-refractivity contribution >= 4 is 23.5 Å². The van der Waals surface area contributed by atoms with Crippen LogP contribution in [0.4, 0.5) is 19.3 Å². The lowest BCUT2D eigenvalue weighted by Crippen LogP contribution is -2.42. The van der Waals surface area contributed by atoms with E-state index in [9.17, 15) is 23.2 Å². The Kier molecular flexibility index (Phi) is 4.89. The Balaban J connectivity index is 1.71. The summed E-state index contributed by atoms with van der Waals surface area (Å²) in [6.07, 6.45) is -0.129. The van der Waals surface area contributed by atoms with Crippen LogP contribution in [-0.4, -0.2) is 29.3 Å². The first-order valence-electron chi connectivity index (χ1n) is 8.26. The fourth-order valence-corrected chi connectivity index (χ4v) is 2.92. The summed E-state index contributed by atoms with van der Waals surface area (Å²) in [6.45, 7) is 1.12. The Labute approximate surface area is 154 Å². The third-order valence-corrected chi connectivity index (χ3v) is 4.36. The van der Waals surface area contributed by atoms with E-state index >= 15 is 0 Å². The first-order valence-corrected chi connectivity index (χ1v) is 8.26. The highest BCUT2D eigenvalue weighted by Gasteiger charge is 2.50. The summed E-state index contributed by atoms with van der Waals surface area (Å²) in [6, 6.07) is 10.6. The van der Waals surface area contributed by atoms with Crippen LogP contribution in [0.25, 0.3) is 0 Å². The molecule has 1 atom stereocenters. The van der Waals surface area contributed by atoms with E-state index in [0.29, 0.717) is 5.69 Å². The number of amides is 4. The van der Waals surface area contributed by atoms with Gasteiger partial charge in [-0.2, -0.15) is 0 Å². The lowest BCUT2D eigenvalue weighted by atomic mass is 9.91. The standard InChI is InChI=1S/C19H17F2N3O3/c1-19(14-11-12(20)7-8-15(14)21)17(26)24(18(27)23-19)10-9-16(25)22-13-5-3-2-4-6-13/h2-8,11H,9-10H2,1H3,(H,22,25)(H,23,27). The molecule has 1 saturated heterocycles. The quantitative estimate of drug-likeness (QED) is 0.791. The van der Waals surface area contributed by atoms with Gasteiger partial charge in [-0.05, 0) is 37.3 Å². The highest BCUT2D eigenvalue weighted by atomic mass is 19.1. The fourth-order valence-electron chi connectivity index (χ4n) is 2.92. The van der Waals surface area contributed by atoms with Crippen molar-refractivity contribution < 1.29 is 23.2 Å². The zero-order valence-electron chi connectivity index (χ0n) is 14.5. The SMILES string of the molecule is CC1(c2cc(F)ccc2F)NC(=O)N(CCC(=O)Nc2ccccc2)C1=O. The number of rotatable bonds is 5. The molecule has 0 radical (unpaired) electrons. The molecule has 27 heavy (non-hydrogen) atoms. The number of anilines is 1. The van der Waals surface area contributed by atoms with E-state index in [-0.39, 0.29) is 24.4 Å². The van der Waals surface area contributed by atoms with Crippen molar-refractivity contribution in [2.75, 3.05) is 11.9 Å². The summed E-state index contributed by atoms with van der Waals surface area (Å²) >= 11 is 0. The van der Waals surface area contributed by atoms with Crippen LogP contribution in [0, 0.1) is 11.6 Å². The Morgan fingerprint density at radius 2 is 1.85 bits per heavy atom. The summed E-state index contributed by atoms with van der Waals surface area (Å²) < 4.78 is 27.6. The van der Waals surface area contributed by atoms with E-state index in [0.717, 1.165) is 23.1 Å². The first kappa shape index (κ1) is 18.5. The molecule has 2 N–H and O–H groups in total. The molecule has 1 fully saturated rings. The fraction of sp³-hybridized carbons (Fsp3) is 0.211. The number of para-hydroxylation sites is 1. The van der Waals surface area contributed by atoms with Gasteiger partial charge in [-0.1, -0.05) is 18.2 Å². The van der Waals surface area contributed by atoms with E-state index < -0.39 is 29.1 Å². The molecule has 3 rings (SSSR count). The molecule has 1 heterocycles. The lowest BCUT2D eigenvalue weighted by Gasteiger charge is -2.22. The minimum Gasteiger partial charge on any atom is -0.326 e. The van der Waals surface area contributed by atoms with Crippen LogP contribution in [0.5, 0.6) is 0 Å². The van der Waals surface area contributed by atoms with Crippen LogP contribution in [0.1, 0.15) is 18.9 Å². The molecule has 0 bridgehead atoms. The van der Waals surface area contributed by atoms with E-state index in [1.54, 1.807) is 30.3 Å². The van der Waals surface area contributed by atoms with Gasteiger partial charge in [-0.25, -0.2) is 13.6 Å². The topological polar surface area (TPSA) is 78.5 Å². The van der Waals surface area contributed by atoms with Gasteiger partial charge in [0.05, 0.1) is 0 Å². The zero-order valence-corrected chi connectivity index (χ0v) is 14.5. The van der Waals surface area contributed by atoms with Gasteiger partial charge in [0, 0.05) is 24.2 Å². The van der Waals surface area contributed by atoms with Crippen LogP contribution < -0.4 is 10.6 Å². The molecule has 0 aliphatic carbocycles. The second kappa shape index (κ2) is 7.14. The number of hydrogen-bond donors (Lipinski definition) is 2. The third kappa shape index (κ3) is 3.64. The molecule has 4 amide bonds. The molecule has 0 aromatic heterocycles. The Bertz CT molecular complexity index is 904. The number of benzene rings is 2. The maximum Gasteiger partial charge on any atom is 0.325 e. The van der Waals surface area contributed by atoms with Gasteiger partial charge in [0.15, 0.2) is 0 Å². The predicted molar refractivity (Wildman–Crippen MR) is 93.6 cm³/mol. The van der Waals surface area contributed by atoms with Crippen molar-refractivity contribution in [3.05, 3.63) is 65.7 Å². The largest absolute Gasteiger partial charge is 0.326 e. The molecule has 2 aromatic carbocycles. The Morgan fingerprint density at radius 3 is 2.56 bits per heavy atom. The molecule has 6 nitrogen and oxygen atoms in total. The van der Waals surface area contributed by atoms with Gasteiger partial charge in [0.25, 0.3) is 5.91 Å². The summed E-state index contributed by atoms with van der Waals surface area (Å²) in [7, 11) is 0. The highest BCUT2D eigenvalue weighted by molar-refractivity contribution is 6.07. The normalized spacial score (nSPS) is 19.1. The number of imide groups is 1. The molecule has 1 aliphatic rings. The Morgan fingerprint density at radius 1 is 1.15 bits per heavy atom. The second-order valence-electron chi connectivity index (χ2n) is 6.30. The van der Waals surface area contributed by atoms with Crippen molar-refractivity contribution in [3.63, 3.8) is 0 Å². The molecule has 1 unspecified atom stereocenters. The van der Waals surface area contributed by atoms with Crippen LogP contribution in [0.15, 0.2) is 48.5 Å². The molecule has 0 saturated carbocycles. The minimum atomic E-state index is -1.74. The van der Waals surface area contributed by atoms with Gasteiger partial charge < -0.3 is 10.6 Å². The van der Waals surface area contributed by atoms with Crippen molar-refractivity contribution in [3.8, 4) is 0 Å². The highest BCUT2D eigenvalue weighted by Crippen LogP contribution is 2.31. The van der Waals surface area contributed by atoms with E-state index in [1.165, 1.54) is 6.92 Å². The van der Waals surface area contributed by atoms with E-state index in [1.807, 2.05) is 0 Å². The summed E-state index contributed by atoms with van der Waals surface area (Å²) in [5, 5.41) is 5.03. The number of halogens is 2. The summed E-state index contributed by atoms with van der Waals surface area (Å²) in [4.78, 5) is 37.7. The van der Waals surface area contributed by atoms with Crippen molar-refractivity contribution in [1.82, 2.24) is 10.2 Å². The maximum atomic E-state index is 14.1. The molecular formula is C19H17F2N3O3. The number of nitrogens with one attached hydrogen (secondary N) is 2. The average Bonchev–Trinajstić information content (AvgIpc) is 2.86. The van der Waals surface area contributed by atoms with Crippen molar-refractivity contribution in [1.29, 1.82) is 0 Å². The maximum absolute atomic E-state index is 14.1. The van der Waals surface area contributed by atoms with Gasteiger partial charge in [0.1, 0.15) is 17.2 Å². The minimum absolute atomic E-state index is 0.129.